The summed E-state index contributed by atoms with van der Waals surface area (Å²) in [6, 6.07) is 6.75. The molecule has 158 valence electrons. The lowest BCUT2D eigenvalue weighted by Crippen LogP contribution is -2.39. The van der Waals surface area contributed by atoms with Crippen LogP contribution in [0.25, 0.3) is 0 Å². The molecule has 8 heteroatoms. The molecule has 1 aliphatic carbocycles. The molecule has 1 N–H and O–H groups in total. The molecule has 0 heterocycles. The number of ether oxygens (including phenoxy) is 1. The molecular formula is C21H28N2O5S. The van der Waals surface area contributed by atoms with Gasteiger partial charge < -0.3 is 15.0 Å². The minimum absolute atomic E-state index is 0.0152. The molecule has 1 aliphatic rings. The van der Waals surface area contributed by atoms with Crippen LogP contribution in [0.2, 0.25) is 0 Å². The third kappa shape index (κ3) is 7.89. The first-order valence-electron chi connectivity index (χ1n) is 9.76. The Hall–Kier alpha value is -2.35. The SMILES string of the molecule is CC(=O)c1ccc(NC(=O)COC(=O)CSCC(=O)N(C)C2CCCCC2)cc1. The number of esters is 1. The quantitative estimate of drug-likeness (QED) is 0.488. The van der Waals surface area contributed by atoms with E-state index in [-0.39, 0.29) is 23.2 Å². The number of rotatable bonds is 9. The molecular weight excluding hydrogens is 392 g/mol. The lowest BCUT2D eigenvalue weighted by molar-refractivity contribution is -0.144. The zero-order chi connectivity index (χ0) is 21.2. The third-order valence-electron chi connectivity index (χ3n) is 4.90. The summed E-state index contributed by atoms with van der Waals surface area (Å²) in [7, 11) is 1.82. The second-order valence-corrected chi connectivity index (χ2v) is 8.12. The van der Waals surface area contributed by atoms with Gasteiger partial charge in [0.05, 0.1) is 11.5 Å². The Morgan fingerprint density at radius 2 is 1.72 bits per heavy atom. The van der Waals surface area contributed by atoms with Crippen LogP contribution in [0.4, 0.5) is 5.69 Å². The Kier molecular flexibility index (Phi) is 9.18. The van der Waals surface area contributed by atoms with E-state index in [1.807, 2.05) is 7.05 Å². The molecule has 0 unspecified atom stereocenters. The van der Waals surface area contributed by atoms with Gasteiger partial charge in [-0.3, -0.25) is 19.2 Å². The summed E-state index contributed by atoms with van der Waals surface area (Å²) in [4.78, 5) is 48.9. The van der Waals surface area contributed by atoms with Gasteiger partial charge in [-0.2, -0.15) is 0 Å². The minimum Gasteiger partial charge on any atom is -0.455 e. The van der Waals surface area contributed by atoms with Crippen LogP contribution in [0.5, 0.6) is 0 Å². The number of hydrogen-bond acceptors (Lipinski definition) is 6. The van der Waals surface area contributed by atoms with E-state index in [9.17, 15) is 19.2 Å². The summed E-state index contributed by atoms with van der Waals surface area (Å²) in [5.74, 6) is -0.807. The van der Waals surface area contributed by atoms with Gasteiger partial charge in [-0.05, 0) is 44.0 Å². The summed E-state index contributed by atoms with van der Waals surface area (Å²) in [5, 5.41) is 2.59. The van der Waals surface area contributed by atoms with E-state index >= 15 is 0 Å². The number of carbonyl (C=O) groups is 4. The normalized spacial score (nSPS) is 14.1. The lowest BCUT2D eigenvalue weighted by Gasteiger charge is -2.31. The molecule has 0 spiro atoms. The topological polar surface area (TPSA) is 92.8 Å². The van der Waals surface area contributed by atoms with Crippen LogP contribution in [-0.2, 0) is 19.1 Å². The summed E-state index contributed by atoms with van der Waals surface area (Å²) >= 11 is 1.19. The molecule has 7 nitrogen and oxygen atoms in total. The number of ketones is 1. The van der Waals surface area contributed by atoms with Crippen molar-refractivity contribution in [2.75, 3.05) is 30.5 Å². The number of carbonyl (C=O) groups excluding carboxylic acids is 4. The molecule has 0 saturated heterocycles. The Bertz CT molecular complexity index is 729. The summed E-state index contributed by atoms with van der Waals surface area (Å²) in [6.45, 7) is 1.07. The number of amides is 2. The highest BCUT2D eigenvalue weighted by Gasteiger charge is 2.22. The maximum absolute atomic E-state index is 12.2. The fourth-order valence-electron chi connectivity index (χ4n) is 3.17. The first-order valence-corrected chi connectivity index (χ1v) is 10.9. The molecule has 2 rings (SSSR count). The van der Waals surface area contributed by atoms with Gasteiger partial charge in [0.15, 0.2) is 12.4 Å². The summed E-state index contributed by atoms with van der Waals surface area (Å²) in [6.07, 6.45) is 5.63. The molecule has 0 aromatic heterocycles. The van der Waals surface area contributed by atoms with E-state index in [4.69, 9.17) is 4.74 Å². The molecule has 1 fully saturated rings. The highest BCUT2D eigenvalue weighted by Crippen LogP contribution is 2.22. The first-order chi connectivity index (χ1) is 13.9. The standard InChI is InChI=1S/C21H28N2O5S/c1-15(24)16-8-10-17(11-9-16)22-19(25)12-28-21(27)14-29-13-20(26)23(2)18-6-4-3-5-7-18/h8-11,18H,3-7,12-14H2,1-2H3,(H,22,25). The van der Waals surface area contributed by atoms with Crippen LogP contribution < -0.4 is 5.32 Å². The lowest BCUT2D eigenvalue weighted by atomic mass is 9.94. The molecule has 0 bridgehead atoms. The second-order valence-electron chi connectivity index (χ2n) is 7.13. The molecule has 0 radical (unpaired) electrons. The van der Waals surface area contributed by atoms with Gasteiger partial charge in [0.1, 0.15) is 0 Å². The van der Waals surface area contributed by atoms with E-state index in [1.54, 1.807) is 29.2 Å². The van der Waals surface area contributed by atoms with Crippen molar-refractivity contribution in [1.82, 2.24) is 4.90 Å². The Morgan fingerprint density at radius 1 is 1.07 bits per heavy atom. The first kappa shape index (κ1) is 22.9. The predicted molar refractivity (Wildman–Crippen MR) is 113 cm³/mol. The second kappa shape index (κ2) is 11.6. The van der Waals surface area contributed by atoms with Crippen molar-refractivity contribution in [3.05, 3.63) is 29.8 Å². The number of thioether (sulfide) groups is 1. The van der Waals surface area contributed by atoms with E-state index < -0.39 is 18.5 Å². The monoisotopic (exact) mass is 420 g/mol. The molecule has 1 saturated carbocycles. The third-order valence-corrected chi connectivity index (χ3v) is 5.79. The van der Waals surface area contributed by atoms with Crippen molar-refractivity contribution >= 4 is 41.0 Å². The summed E-state index contributed by atoms with van der Waals surface area (Å²) < 4.78 is 4.95. The van der Waals surface area contributed by atoms with E-state index in [2.05, 4.69) is 5.32 Å². The van der Waals surface area contributed by atoms with Gasteiger partial charge in [0.25, 0.3) is 5.91 Å². The molecule has 1 aromatic carbocycles. The number of hydrogen-bond donors (Lipinski definition) is 1. The number of nitrogens with one attached hydrogen (secondary N) is 1. The Morgan fingerprint density at radius 3 is 2.34 bits per heavy atom. The summed E-state index contributed by atoms with van der Waals surface area (Å²) in [5.41, 5.74) is 1.07. The zero-order valence-corrected chi connectivity index (χ0v) is 17.8. The maximum Gasteiger partial charge on any atom is 0.316 e. The Balaban J connectivity index is 1.62. The van der Waals surface area contributed by atoms with E-state index in [0.717, 1.165) is 25.7 Å². The smallest absolute Gasteiger partial charge is 0.316 e. The van der Waals surface area contributed by atoms with Crippen molar-refractivity contribution in [1.29, 1.82) is 0 Å². The number of nitrogens with zero attached hydrogens (tertiary/aromatic N) is 1. The van der Waals surface area contributed by atoms with Gasteiger partial charge in [-0.25, -0.2) is 0 Å². The number of benzene rings is 1. The highest BCUT2D eigenvalue weighted by atomic mass is 32.2. The fraction of sp³-hybridized carbons (Fsp3) is 0.524. The fourth-order valence-corrected chi connectivity index (χ4v) is 3.90. The van der Waals surface area contributed by atoms with Crippen LogP contribution in [-0.4, -0.2) is 59.7 Å². The van der Waals surface area contributed by atoms with Crippen LogP contribution in [0, 0.1) is 0 Å². The molecule has 29 heavy (non-hydrogen) atoms. The molecule has 1 aromatic rings. The average Bonchev–Trinajstić information content (AvgIpc) is 2.72. The van der Waals surface area contributed by atoms with Gasteiger partial charge in [-0.1, -0.05) is 19.3 Å². The van der Waals surface area contributed by atoms with E-state index in [0.29, 0.717) is 17.3 Å². The van der Waals surface area contributed by atoms with Crippen LogP contribution in [0.1, 0.15) is 49.4 Å². The minimum atomic E-state index is -0.537. The average molecular weight is 421 g/mol. The molecule has 0 aliphatic heterocycles. The van der Waals surface area contributed by atoms with Crippen molar-refractivity contribution in [3.8, 4) is 0 Å². The van der Waals surface area contributed by atoms with Gasteiger partial charge in [0, 0.05) is 24.3 Å². The molecule has 0 atom stereocenters. The Labute approximate surface area is 175 Å². The zero-order valence-electron chi connectivity index (χ0n) is 16.9. The van der Waals surface area contributed by atoms with Crippen molar-refractivity contribution in [2.24, 2.45) is 0 Å². The number of anilines is 1. The largest absolute Gasteiger partial charge is 0.455 e. The van der Waals surface area contributed by atoms with Crippen molar-refractivity contribution in [3.63, 3.8) is 0 Å². The van der Waals surface area contributed by atoms with Crippen molar-refractivity contribution in [2.45, 2.75) is 45.1 Å². The van der Waals surface area contributed by atoms with E-state index in [1.165, 1.54) is 25.1 Å². The molecule has 2 amide bonds. The van der Waals surface area contributed by atoms with Crippen molar-refractivity contribution < 1.29 is 23.9 Å². The highest BCUT2D eigenvalue weighted by molar-refractivity contribution is 8.00. The van der Waals surface area contributed by atoms with Gasteiger partial charge in [0.2, 0.25) is 5.91 Å². The number of Topliss-reactive ketones (excluding diaryl/α,β-unsaturated/α-hetero) is 1. The van der Waals surface area contributed by atoms with Gasteiger partial charge in [-0.15, -0.1) is 11.8 Å². The van der Waals surface area contributed by atoms with Gasteiger partial charge >= 0.3 is 5.97 Å². The predicted octanol–water partition coefficient (Wildman–Crippen LogP) is 2.90. The van der Waals surface area contributed by atoms with Crippen LogP contribution in [0.3, 0.4) is 0 Å². The van der Waals surface area contributed by atoms with Crippen LogP contribution >= 0.6 is 11.8 Å². The maximum atomic E-state index is 12.2. The van der Waals surface area contributed by atoms with Crippen LogP contribution in [0.15, 0.2) is 24.3 Å².